The van der Waals surface area contributed by atoms with Gasteiger partial charge >= 0.3 is 0 Å². The zero-order chi connectivity index (χ0) is 23.5. The smallest absolute Gasteiger partial charge is 0.270 e. The number of amides is 1. The Bertz CT molecular complexity index is 1190. The predicted molar refractivity (Wildman–Crippen MR) is 119 cm³/mol. The SMILES string of the molecule is Cn1nnnc1Sc1ccc([N+](=O)[O-])cc1C(=O)Nc1cc(C(N)O)c(C2CCCC2)cn1. The number of aromatic nitrogens is 5. The van der Waals surface area contributed by atoms with Gasteiger partial charge in [0.1, 0.15) is 12.0 Å². The monoisotopic (exact) mass is 470 g/mol. The van der Waals surface area contributed by atoms with Crippen LogP contribution < -0.4 is 11.1 Å². The first-order valence-corrected chi connectivity index (χ1v) is 11.1. The lowest BCUT2D eigenvalue weighted by Gasteiger charge is -2.18. The number of aliphatic hydroxyl groups is 1. The van der Waals surface area contributed by atoms with Gasteiger partial charge in [-0.05, 0) is 58.6 Å². The van der Waals surface area contributed by atoms with E-state index in [9.17, 15) is 20.0 Å². The molecule has 1 unspecified atom stereocenters. The minimum Gasteiger partial charge on any atom is -0.375 e. The van der Waals surface area contributed by atoms with Gasteiger partial charge in [-0.15, -0.1) is 5.10 Å². The van der Waals surface area contributed by atoms with E-state index in [-0.39, 0.29) is 23.0 Å². The summed E-state index contributed by atoms with van der Waals surface area (Å²) in [5.74, 6) is -0.144. The number of nitrogens with one attached hydrogen (secondary N) is 1. The number of benzene rings is 1. The van der Waals surface area contributed by atoms with Crippen molar-refractivity contribution < 1.29 is 14.8 Å². The topological polar surface area (TPSA) is 175 Å². The summed E-state index contributed by atoms with van der Waals surface area (Å²) in [5.41, 5.74) is 6.99. The maximum atomic E-state index is 13.1. The average Bonchev–Trinajstić information content (AvgIpc) is 3.46. The van der Waals surface area contributed by atoms with Gasteiger partial charge in [0, 0.05) is 35.8 Å². The largest absolute Gasteiger partial charge is 0.375 e. The van der Waals surface area contributed by atoms with Crippen LogP contribution in [0.25, 0.3) is 0 Å². The van der Waals surface area contributed by atoms with Crippen molar-refractivity contribution in [2.75, 3.05) is 5.32 Å². The quantitative estimate of drug-likeness (QED) is 0.264. The highest BCUT2D eigenvalue weighted by molar-refractivity contribution is 7.99. The second kappa shape index (κ2) is 9.60. The molecule has 0 bridgehead atoms. The first-order valence-electron chi connectivity index (χ1n) is 10.3. The molecule has 172 valence electrons. The number of nitrogens with zero attached hydrogens (tertiary/aromatic N) is 6. The number of pyridine rings is 1. The minimum atomic E-state index is -1.22. The van der Waals surface area contributed by atoms with Crippen LogP contribution in [-0.2, 0) is 7.05 Å². The number of aliphatic hydroxyl groups excluding tert-OH is 1. The Hall–Kier alpha value is -3.42. The number of tetrazole rings is 1. The van der Waals surface area contributed by atoms with Gasteiger partial charge in [0.2, 0.25) is 5.16 Å². The van der Waals surface area contributed by atoms with Gasteiger partial charge in [-0.25, -0.2) is 9.67 Å². The summed E-state index contributed by atoms with van der Waals surface area (Å²) < 4.78 is 1.42. The van der Waals surface area contributed by atoms with Crippen molar-refractivity contribution in [3.63, 3.8) is 0 Å². The van der Waals surface area contributed by atoms with E-state index < -0.39 is 17.1 Å². The Labute approximate surface area is 192 Å². The minimum absolute atomic E-state index is 0.0636. The molecule has 0 saturated heterocycles. The molecular formula is C20H22N8O4S. The van der Waals surface area contributed by atoms with Gasteiger partial charge in [-0.3, -0.25) is 14.9 Å². The number of non-ortho nitro benzene ring substituents is 1. The molecule has 1 atom stereocenters. The van der Waals surface area contributed by atoms with E-state index in [1.807, 2.05) is 0 Å². The molecule has 1 aliphatic carbocycles. The van der Waals surface area contributed by atoms with Crippen molar-refractivity contribution >= 4 is 29.2 Å². The highest BCUT2D eigenvalue weighted by Gasteiger charge is 2.24. The lowest BCUT2D eigenvalue weighted by molar-refractivity contribution is -0.384. The molecule has 1 fully saturated rings. The van der Waals surface area contributed by atoms with Gasteiger partial charge in [-0.2, -0.15) is 0 Å². The van der Waals surface area contributed by atoms with Gasteiger partial charge in [0.15, 0.2) is 0 Å². The van der Waals surface area contributed by atoms with Crippen LogP contribution in [0.2, 0.25) is 0 Å². The fourth-order valence-corrected chi connectivity index (χ4v) is 4.71. The molecule has 4 rings (SSSR count). The van der Waals surface area contributed by atoms with E-state index in [1.54, 1.807) is 19.3 Å². The summed E-state index contributed by atoms with van der Waals surface area (Å²) >= 11 is 1.10. The van der Waals surface area contributed by atoms with E-state index in [0.717, 1.165) is 43.0 Å². The summed E-state index contributed by atoms with van der Waals surface area (Å²) in [4.78, 5) is 28.6. The first kappa shape index (κ1) is 22.8. The van der Waals surface area contributed by atoms with Gasteiger partial charge in [-0.1, -0.05) is 12.8 Å². The summed E-state index contributed by atoms with van der Waals surface area (Å²) in [6, 6.07) is 5.51. The molecule has 0 aliphatic heterocycles. The lowest BCUT2D eigenvalue weighted by atomic mass is 9.94. The van der Waals surface area contributed by atoms with E-state index in [2.05, 4.69) is 25.8 Å². The summed E-state index contributed by atoms with van der Waals surface area (Å²) in [7, 11) is 1.64. The molecule has 1 amide bonds. The van der Waals surface area contributed by atoms with Crippen molar-refractivity contribution in [2.45, 2.75) is 47.9 Å². The predicted octanol–water partition coefficient (Wildman–Crippen LogP) is 2.52. The highest BCUT2D eigenvalue weighted by atomic mass is 32.2. The molecule has 0 spiro atoms. The van der Waals surface area contributed by atoms with Crippen molar-refractivity contribution in [3.05, 3.63) is 57.3 Å². The van der Waals surface area contributed by atoms with Gasteiger partial charge in [0.05, 0.1) is 10.5 Å². The number of anilines is 1. The van der Waals surface area contributed by atoms with E-state index >= 15 is 0 Å². The summed E-state index contributed by atoms with van der Waals surface area (Å²) in [6.45, 7) is 0. The van der Waals surface area contributed by atoms with Gasteiger partial charge < -0.3 is 16.2 Å². The van der Waals surface area contributed by atoms with E-state index in [1.165, 1.54) is 22.9 Å². The Balaban J connectivity index is 1.64. The fourth-order valence-electron chi connectivity index (χ4n) is 3.87. The molecule has 1 aromatic carbocycles. The third kappa shape index (κ3) is 4.99. The number of carbonyl (C=O) groups is 1. The third-order valence-electron chi connectivity index (χ3n) is 5.52. The number of rotatable bonds is 7. The number of nitrogens with two attached hydrogens (primary N) is 1. The first-order chi connectivity index (χ1) is 15.8. The zero-order valence-electron chi connectivity index (χ0n) is 17.7. The molecule has 33 heavy (non-hydrogen) atoms. The van der Waals surface area contributed by atoms with Crippen molar-refractivity contribution in [1.82, 2.24) is 25.2 Å². The van der Waals surface area contributed by atoms with Crippen molar-refractivity contribution in [1.29, 1.82) is 0 Å². The maximum Gasteiger partial charge on any atom is 0.270 e. The highest BCUT2D eigenvalue weighted by Crippen LogP contribution is 2.37. The number of aryl methyl sites for hydroxylation is 1. The third-order valence-corrected chi connectivity index (χ3v) is 6.63. The summed E-state index contributed by atoms with van der Waals surface area (Å²) in [5, 5.41) is 35.6. The van der Waals surface area contributed by atoms with Crippen molar-refractivity contribution in [2.24, 2.45) is 12.8 Å². The maximum absolute atomic E-state index is 13.1. The van der Waals surface area contributed by atoms with Crippen LogP contribution in [0.3, 0.4) is 0 Å². The van der Waals surface area contributed by atoms with Crippen LogP contribution in [0.15, 0.2) is 40.5 Å². The molecule has 12 nitrogen and oxygen atoms in total. The van der Waals surface area contributed by atoms with Crippen LogP contribution in [0.4, 0.5) is 11.5 Å². The van der Waals surface area contributed by atoms with Crippen LogP contribution >= 0.6 is 11.8 Å². The number of hydrogen-bond donors (Lipinski definition) is 3. The van der Waals surface area contributed by atoms with Crippen LogP contribution in [0.1, 0.15) is 59.3 Å². The number of hydrogen-bond acceptors (Lipinski definition) is 10. The molecule has 0 radical (unpaired) electrons. The van der Waals surface area contributed by atoms with Crippen molar-refractivity contribution in [3.8, 4) is 0 Å². The molecule has 2 heterocycles. The Kier molecular flexibility index (Phi) is 6.62. The molecule has 4 N–H and O–H groups in total. The van der Waals surface area contributed by atoms with E-state index in [0.29, 0.717) is 15.6 Å². The van der Waals surface area contributed by atoms with E-state index in [4.69, 9.17) is 5.73 Å². The molecule has 3 aromatic rings. The lowest BCUT2D eigenvalue weighted by Crippen LogP contribution is -2.17. The molecule has 1 aliphatic rings. The van der Waals surface area contributed by atoms with Crippen LogP contribution in [0, 0.1) is 10.1 Å². The number of nitro groups is 1. The average molecular weight is 471 g/mol. The number of carbonyl (C=O) groups excluding carboxylic acids is 1. The Morgan fingerprint density at radius 2 is 2.12 bits per heavy atom. The molecule has 2 aromatic heterocycles. The number of nitro benzene ring substituents is 1. The standard InChI is InChI=1S/C20H22N8O4S/c1-27-20(24-25-26-27)33-16-7-6-12(28(31)32)8-14(16)19(30)23-17-9-13(18(21)29)15(10-22-17)11-4-2-3-5-11/h6-11,18,29H,2-5,21H2,1H3,(H,22,23,30). The molecule has 13 heteroatoms. The molecular weight excluding hydrogens is 448 g/mol. The second-order valence-corrected chi connectivity index (χ2v) is 8.71. The Morgan fingerprint density at radius 3 is 2.76 bits per heavy atom. The van der Waals surface area contributed by atoms with Gasteiger partial charge in [0.25, 0.3) is 11.6 Å². The summed E-state index contributed by atoms with van der Waals surface area (Å²) in [6.07, 6.45) is 4.63. The molecule has 1 saturated carbocycles. The van der Waals surface area contributed by atoms with Crippen LogP contribution in [0.5, 0.6) is 0 Å². The Morgan fingerprint density at radius 1 is 1.36 bits per heavy atom. The second-order valence-electron chi connectivity index (χ2n) is 7.70. The van der Waals surface area contributed by atoms with Crippen LogP contribution in [-0.4, -0.2) is 41.1 Å². The fraction of sp³-hybridized carbons (Fsp3) is 0.350. The normalized spacial score (nSPS) is 14.9. The zero-order valence-corrected chi connectivity index (χ0v) is 18.5.